The molecular weight excluding hydrogens is 830 g/mol. The maximum absolute atomic E-state index is 2.72. The quantitative estimate of drug-likeness (QED) is 0.147. The third-order valence-corrected chi connectivity index (χ3v) is 15.6. The SMILES string of the molecule is c1ccc(-c2cc3c4c(c2)C2(c5ccccc5-c5ccccc52)c2cc(-c5ccccc5)cc5c6cc(-c7ccccc7)cc(c6n-4c25)B3c2c(-c3ccccc3)cccc2-c2ccccc2)cc1. The predicted molar refractivity (Wildman–Crippen MR) is 290 cm³/mol. The van der Waals surface area contributed by atoms with Gasteiger partial charge in [-0.2, -0.15) is 0 Å². The zero-order chi connectivity index (χ0) is 45.2. The summed E-state index contributed by atoms with van der Waals surface area (Å²) in [6.45, 7) is -0.156. The number of nitrogens with zero attached hydrogens (tertiary/aromatic N) is 1. The molecule has 12 aromatic rings. The Hall–Kier alpha value is -8.72. The van der Waals surface area contributed by atoms with Crippen LogP contribution in [0.1, 0.15) is 22.3 Å². The Morgan fingerprint density at radius 2 is 0.667 bits per heavy atom. The van der Waals surface area contributed by atoms with Gasteiger partial charge in [0.05, 0.1) is 10.9 Å². The number of benzene rings is 11. The van der Waals surface area contributed by atoms with Crippen LogP contribution in [0.25, 0.3) is 94.3 Å². The molecule has 0 radical (unpaired) electrons. The Bertz CT molecular complexity index is 3940. The van der Waals surface area contributed by atoms with Crippen LogP contribution in [0.4, 0.5) is 0 Å². The predicted octanol–water partition coefficient (Wildman–Crippen LogP) is 14.6. The Balaban J connectivity index is 1.22. The van der Waals surface area contributed by atoms with Crippen LogP contribution in [0.3, 0.4) is 0 Å². The summed E-state index contributed by atoms with van der Waals surface area (Å²) in [5.74, 6) is 0. The van der Waals surface area contributed by atoms with E-state index in [9.17, 15) is 0 Å². The molecule has 69 heavy (non-hydrogen) atoms. The highest BCUT2D eigenvalue weighted by Crippen LogP contribution is 2.62. The molecule has 0 saturated carbocycles. The highest BCUT2D eigenvalue weighted by Gasteiger charge is 2.53. The van der Waals surface area contributed by atoms with E-state index in [-0.39, 0.29) is 6.71 Å². The molecule has 318 valence electrons. The van der Waals surface area contributed by atoms with E-state index < -0.39 is 5.41 Å². The monoisotopic (exact) mass is 871 g/mol. The zero-order valence-electron chi connectivity index (χ0n) is 37.8. The van der Waals surface area contributed by atoms with Crippen molar-refractivity contribution < 1.29 is 0 Å². The van der Waals surface area contributed by atoms with Gasteiger partial charge >= 0.3 is 0 Å². The summed E-state index contributed by atoms with van der Waals surface area (Å²) in [7, 11) is 0. The summed E-state index contributed by atoms with van der Waals surface area (Å²) in [6.07, 6.45) is 0. The van der Waals surface area contributed by atoms with Crippen LogP contribution in [-0.4, -0.2) is 11.3 Å². The Labute approximate surface area is 402 Å². The molecule has 15 rings (SSSR count). The molecule has 1 aromatic heterocycles. The summed E-state index contributed by atoms with van der Waals surface area (Å²) in [6, 6.07) is 96.1. The second-order valence-electron chi connectivity index (χ2n) is 19.0. The van der Waals surface area contributed by atoms with Gasteiger partial charge in [0, 0.05) is 22.0 Å². The average Bonchev–Trinajstić information content (AvgIpc) is 3.92. The fourth-order valence-corrected chi connectivity index (χ4v) is 12.9. The highest BCUT2D eigenvalue weighted by molar-refractivity contribution is 6.99. The summed E-state index contributed by atoms with van der Waals surface area (Å²) in [4.78, 5) is 0. The standard InChI is InChI=1S/C67H42BN/c1-6-21-43(22-7-1)48-37-55-56-38-49(44-23-8-2-9-24-44)41-61-65(56)69-64(55)59(39-48)67(57-35-18-16-31-53(57)54-32-17-19-36-58(54)67)60-40-50(45-25-10-3-11-26-45)42-62(66(60)69)68(61)63-51(46-27-12-4-13-28-46)33-20-34-52(63)47-29-14-5-15-30-47/h1-42H. The molecule has 2 aliphatic heterocycles. The van der Waals surface area contributed by atoms with Crippen molar-refractivity contribution in [3.8, 4) is 72.4 Å². The summed E-state index contributed by atoms with van der Waals surface area (Å²) in [5.41, 5.74) is 27.4. The lowest BCUT2D eigenvalue weighted by Gasteiger charge is -2.43. The molecule has 0 bridgehead atoms. The lowest BCUT2D eigenvalue weighted by atomic mass is 9.33. The highest BCUT2D eigenvalue weighted by atomic mass is 15.0. The number of aromatic nitrogens is 1. The van der Waals surface area contributed by atoms with Crippen LogP contribution < -0.4 is 16.4 Å². The fourth-order valence-electron chi connectivity index (χ4n) is 12.9. The van der Waals surface area contributed by atoms with Crippen LogP contribution >= 0.6 is 0 Å². The van der Waals surface area contributed by atoms with E-state index in [2.05, 4.69) is 259 Å². The van der Waals surface area contributed by atoms with Crippen LogP contribution in [-0.2, 0) is 5.41 Å². The third-order valence-electron chi connectivity index (χ3n) is 15.6. The minimum Gasteiger partial charge on any atom is -0.310 e. The number of hydrogen-bond acceptors (Lipinski definition) is 0. The first kappa shape index (κ1) is 38.4. The molecule has 3 aliphatic rings. The molecule has 0 amide bonds. The normalized spacial score (nSPS) is 13.3. The van der Waals surface area contributed by atoms with Crippen molar-refractivity contribution in [1.29, 1.82) is 0 Å². The molecule has 1 nitrogen and oxygen atoms in total. The molecule has 3 heterocycles. The maximum atomic E-state index is 2.72. The minimum atomic E-state index is -0.638. The molecule has 0 fully saturated rings. The molecule has 0 saturated heterocycles. The number of hydrogen-bond donors (Lipinski definition) is 0. The van der Waals surface area contributed by atoms with E-state index in [0.29, 0.717) is 0 Å². The molecule has 0 atom stereocenters. The van der Waals surface area contributed by atoms with Crippen molar-refractivity contribution >= 4 is 44.9 Å². The zero-order valence-corrected chi connectivity index (χ0v) is 37.8. The second-order valence-corrected chi connectivity index (χ2v) is 19.0. The molecule has 2 heteroatoms. The fraction of sp³-hybridized carbons (Fsp3) is 0.0149. The van der Waals surface area contributed by atoms with Crippen molar-refractivity contribution in [3.05, 3.63) is 277 Å². The van der Waals surface area contributed by atoms with E-state index in [1.54, 1.807) is 0 Å². The van der Waals surface area contributed by atoms with Crippen molar-refractivity contribution in [2.75, 3.05) is 0 Å². The second kappa shape index (κ2) is 14.6. The first-order valence-corrected chi connectivity index (χ1v) is 24.2. The summed E-state index contributed by atoms with van der Waals surface area (Å²) in [5, 5.41) is 2.56. The van der Waals surface area contributed by atoms with Crippen molar-refractivity contribution in [2.24, 2.45) is 0 Å². The van der Waals surface area contributed by atoms with Crippen LogP contribution in [0, 0.1) is 0 Å². The molecule has 0 unspecified atom stereocenters. The third kappa shape index (κ3) is 5.32. The Morgan fingerprint density at radius 1 is 0.275 bits per heavy atom. The first-order chi connectivity index (χ1) is 34.3. The molecular formula is C67H42BN. The topological polar surface area (TPSA) is 4.93 Å². The largest absolute Gasteiger partial charge is 0.310 e. The van der Waals surface area contributed by atoms with Crippen molar-refractivity contribution in [1.82, 2.24) is 4.57 Å². The van der Waals surface area contributed by atoms with Crippen molar-refractivity contribution in [3.63, 3.8) is 0 Å². The Morgan fingerprint density at radius 3 is 1.19 bits per heavy atom. The van der Waals surface area contributed by atoms with Gasteiger partial charge in [0.1, 0.15) is 0 Å². The minimum absolute atomic E-state index is 0.156. The van der Waals surface area contributed by atoms with Gasteiger partial charge in [-0.3, -0.25) is 0 Å². The van der Waals surface area contributed by atoms with Gasteiger partial charge in [0.15, 0.2) is 0 Å². The number of fused-ring (bicyclic) bond motifs is 8. The van der Waals surface area contributed by atoms with Crippen molar-refractivity contribution in [2.45, 2.75) is 5.41 Å². The van der Waals surface area contributed by atoms with Gasteiger partial charge in [-0.1, -0.05) is 236 Å². The molecule has 0 N–H and O–H groups in total. The summed E-state index contributed by atoms with van der Waals surface area (Å²) >= 11 is 0. The first-order valence-electron chi connectivity index (χ1n) is 24.2. The van der Waals surface area contributed by atoms with Gasteiger partial charge in [-0.05, 0) is 124 Å². The smallest absolute Gasteiger partial charge is 0.248 e. The van der Waals surface area contributed by atoms with Crippen LogP contribution in [0.15, 0.2) is 255 Å². The van der Waals surface area contributed by atoms with E-state index in [4.69, 9.17) is 0 Å². The molecule has 1 spiro atoms. The van der Waals surface area contributed by atoms with Gasteiger partial charge in [0.25, 0.3) is 0 Å². The molecule has 11 aromatic carbocycles. The number of rotatable bonds is 6. The average molecular weight is 872 g/mol. The maximum Gasteiger partial charge on any atom is 0.248 e. The van der Waals surface area contributed by atoms with E-state index in [1.165, 1.54) is 133 Å². The summed E-state index contributed by atoms with van der Waals surface area (Å²) < 4.78 is 2.72. The van der Waals surface area contributed by atoms with Crippen LogP contribution in [0.2, 0.25) is 0 Å². The lowest BCUT2D eigenvalue weighted by molar-refractivity contribution is 0.750. The van der Waals surface area contributed by atoms with Gasteiger partial charge < -0.3 is 4.57 Å². The van der Waals surface area contributed by atoms with Gasteiger partial charge in [0.2, 0.25) is 6.71 Å². The van der Waals surface area contributed by atoms with Crippen LogP contribution in [0.5, 0.6) is 0 Å². The van der Waals surface area contributed by atoms with Gasteiger partial charge in [-0.25, -0.2) is 0 Å². The van der Waals surface area contributed by atoms with Gasteiger partial charge in [-0.15, -0.1) is 0 Å². The van der Waals surface area contributed by atoms with E-state index in [1.807, 2.05) is 0 Å². The Kier molecular flexibility index (Phi) is 8.15. The van der Waals surface area contributed by atoms with E-state index in [0.717, 1.165) is 0 Å². The van der Waals surface area contributed by atoms with E-state index >= 15 is 0 Å². The lowest BCUT2D eigenvalue weighted by Crippen LogP contribution is -2.58. The molecule has 1 aliphatic carbocycles.